The largest absolute Gasteiger partial charge is 0.299 e. The summed E-state index contributed by atoms with van der Waals surface area (Å²) in [5, 5.41) is 6.71. The van der Waals surface area contributed by atoms with Crippen LogP contribution in [0.1, 0.15) is 31.2 Å². The maximum absolute atomic E-state index is 11.4. The Hall–Kier alpha value is -1.64. The zero-order valence-corrected chi connectivity index (χ0v) is 9.85. The SMILES string of the molecule is O=C1CCC/C(=N/N2CCc3ccccc32)C1. The number of ketones is 1. The molecule has 0 atom stereocenters. The Balaban J connectivity index is 1.83. The smallest absolute Gasteiger partial charge is 0.138 e. The minimum atomic E-state index is 0.336. The van der Waals surface area contributed by atoms with Crippen molar-refractivity contribution < 1.29 is 4.79 Å². The number of fused-ring (bicyclic) bond motifs is 1. The molecule has 0 amide bonds. The summed E-state index contributed by atoms with van der Waals surface area (Å²) < 4.78 is 0. The highest BCUT2D eigenvalue weighted by molar-refractivity contribution is 6.04. The van der Waals surface area contributed by atoms with Gasteiger partial charge in [-0.15, -0.1) is 0 Å². The fourth-order valence-corrected chi connectivity index (χ4v) is 2.57. The van der Waals surface area contributed by atoms with E-state index in [1.807, 2.05) is 6.07 Å². The third-order valence-corrected chi connectivity index (χ3v) is 3.45. The van der Waals surface area contributed by atoms with Gasteiger partial charge in [0, 0.05) is 25.1 Å². The van der Waals surface area contributed by atoms with Crippen molar-refractivity contribution in [1.82, 2.24) is 0 Å². The molecule has 1 aromatic carbocycles. The van der Waals surface area contributed by atoms with Crippen LogP contribution in [0, 0.1) is 0 Å². The predicted octanol–water partition coefficient (Wildman–Crippen LogP) is 2.55. The molecule has 17 heavy (non-hydrogen) atoms. The molecule has 88 valence electrons. The molecule has 3 nitrogen and oxygen atoms in total. The van der Waals surface area contributed by atoms with Gasteiger partial charge in [0.2, 0.25) is 0 Å². The maximum atomic E-state index is 11.4. The Morgan fingerprint density at radius 3 is 2.88 bits per heavy atom. The second kappa shape index (κ2) is 4.32. The first-order valence-corrected chi connectivity index (χ1v) is 6.26. The van der Waals surface area contributed by atoms with Crippen LogP contribution in [0.5, 0.6) is 0 Å². The highest BCUT2D eigenvalue weighted by Crippen LogP contribution is 2.28. The molecule has 0 spiro atoms. The maximum Gasteiger partial charge on any atom is 0.138 e. The van der Waals surface area contributed by atoms with Crippen molar-refractivity contribution in [2.75, 3.05) is 11.6 Å². The fraction of sp³-hybridized carbons (Fsp3) is 0.429. The van der Waals surface area contributed by atoms with E-state index in [0.29, 0.717) is 12.2 Å². The van der Waals surface area contributed by atoms with Crippen LogP contribution in [0.2, 0.25) is 0 Å². The summed E-state index contributed by atoms with van der Waals surface area (Å²) in [5.41, 5.74) is 3.62. The molecule has 1 aliphatic heterocycles. The Labute approximate surface area is 101 Å². The number of carbonyl (C=O) groups is 1. The summed E-state index contributed by atoms with van der Waals surface area (Å²) in [5.74, 6) is 0.336. The molecule has 1 heterocycles. The lowest BCUT2D eigenvalue weighted by atomic mass is 9.97. The summed E-state index contributed by atoms with van der Waals surface area (Å²) in [6, 6.07) is 8.38. The molecule has 0 unspecified atom stereocenters. The van der Waals surface area contributed by atoms with Crippen molar-refractivity contribution in [2.24, 2.45) is 5.10 Å². The molecule has 1 aliphatic carbocycles. The van der Waals surface area contributed by atoms with E-state index in [9.17, 15) is 4.79 Å². The van der Waals surface area contributed by atoms with E-state index in [-0.39, 0.29) is 0 Å². The van der Waals surface area contributed by atoms with Gasteiger partial charge in [-0.25, -0.2) is 0 Å². The molecule has 1 fully saturated rings. The lowest BCUT2D eigenvalue weighted by Gasteiger charge is -2.18. The second-order valence-electron chi connectivity index (χ2n) is 4.74. The number of hydrogen-bond donors (Lipinski definition) is 0. The number of carbonyl (C=O) groups excluding carboxylic acids is 1. The molecule has 0 saturated heterocycles. The van der Waals surface area contributed by atoms with Crippen LogP contribution in [0.4, 0.5) is 5.69 Å². The zero-order valence-electron chi connectivity index (χ0n) is 9.85. The summed E-state index contributed by atoms with van der Waals surface area (Å²) in [6.07, 6.45) is 4.28. The monoisotopic (exact) mass is 228 g/mol. The molecular weight excluding hydrogens is 212 g/mol. The molecule has 3 rings (SSSR count). The average Bonchev–Trinajstić information content (AvgIpc) is 2.73. The summed E-state index contributed by atoms with van der Waals surface area (Å²) in [6.45, 7) is 0.942. The molecule has 0 radical (unpaired) electrons. The van der Waals surface area contributed by atoms with Crippen LogP contribution in [-0.4, -0.2) is 18.0 Å². The van der Waals surface area contributed by atoms with Gasteiger partial charge in [-0.1, -0.05) is 18.2 Å². The standard InChI is InChI=1S/C14H16N2O/c17-13-6-3-5-12(10-13)15-16-9-8-11-4-1-2-7-14(11)16/h1-2,4,7H,3,5-6,8-10H2/b15-12-. The number of Topliss-reactive ketones (excluding diaryl/α,β-unsaturated/α-hetero) is 1. The molecule has 1 saturated carbocycles. The van der Waals surface area contributed by atoms with Gasteiger partial charge in [0.25, 0.3) is 0 Å². The minimum Gasteiger partial charge on any atom is -0.299 e. The lowest BCUT2D eigenvalue weighted by molar-refractivity contribution is -0.118. The van der Waals surface area contributed by atoms with Crippen molar-refractivity contribution >= 4 is 17.2 Å². The number of para-hydroxylation sites is 1. The fourth-order valence-electron chi connectivity index (χ4n) is 2.57. The third-order valence-electron chi connectivity index (χ3n) is 3.45. The van der Waals surface area contributed by atoms with Crippen molar-refractivity contribution in [2.45, 2.75) is 32.1 Å². The van der Waals surface area contributed by atoms with Gasteiger partial charge < -0.3 is 0 Å². The molecular formula is C14H16N2O. The second-order valence-corrected chi connectivity index (χ2v) is 4.74. The highest BCUT2D eigenvalue weighted by Gasteiger charge is 2.20. The Bertz CT molecular complexity index is 479. The van der Waals surface area contributed by atoms with Crippen molar-refractivity contribution in [3.63, 3.8) is 0 Å². The molecule has 0 N–H and O–H groups in total. The van der Waals surface area contributed by atoms with E-state index in [2.05, 4.69) is 28.3 Å². The van der Waals surface area contributed by atoms with Crippen LogP contribution in [0.15, 0.2) is 29.4 Å². The quantitative estimate of drug-likeness (QED) is 0.740. The van der Waals surface area contributed by atoms with Gasteiger partial charge in [0.15, 0.2) is 0 Å². The van der Waals surface area contributed by atoms with Crippen LogP contribution >= 0.6 is 0 Å². The van der Waals surface area contributed by atoms with Crippen molar-refractivity contribution in [1.29, 1.82) is 0 Å². The van der Waals surface area contributed by atoms with Crippen molar-refractivity contribution in [3.05, 3.63) is 29.8 Å². The topological polar surface area (TPSA) is 32.7 Å². The normalized spacial score (nSPS) is 22.0. The first-order valence-electron chi connectivity index (χ1n) is 6.26. The van der Waals surface area contributed by atoms with E-state index in [0.717, 1.165) is 37.9 Å². The van der Waals surface area contributed by atoms with Crippen LogP contribution in [-0.2, 0) is 11.2 Å². The number of rotatable bonds is 1. The summed E-state index contributed by atoms with van der Waals surface area (Å²) >= 11 is 0. The van der Waals surface area contributed by atoms with Crippen LogP contribution < -0.4 is 5.01 Å². The number of benzene rings is 1. The van der Waals surface area contributed by atoms with E-state index in [4.69, 9.17) is 0 Å². The van der Waals surface area contributed by atoms with Gasteiger partial charge in [-0.05, 0) is 30.9 Å². The Kier molecular flexibility index (Phi) is 2.67. The Morgan fingerprint density at radius 1 is 1.12 bits per heavy atom. The van der Waals surface area contributed by atoms with Gasteiger partial charge in [-0.2, -0.15) is 5.10 Å². The van der Waals surface area contributed by atoms with E-state index >= 15 is 0 Å². The van der Waals surface area contributed by atoms with E-state index in [1.54, 1.807) is 0 Å². The average molecular weight is 228 g/mol. The first-order chi connectivity index (χ1) is 8.33. The Morgan fingerprint density at radius 2 is 2.00 bits per heavy atom. The van der Waals surface area contributed by atoms with E-state index < -0.39 is 0 Å². The predicted molar refractivity (Wildman–Crippen MR) is 68.4 cm³/mol. The zero-order chi connectivity index (χ0) is 11.7. The van der Waals surface area contributed by atoms with Crippen molar-refractivity contribution in [3.8, 4) is 0 Å². The summed E-state index contributed by atoms with van der Waals surface area (Å²) in [4.78, 5) is 11.4. The molecule has 0 aromatic heterocycles. The first kappa shape index (κ1) is 10.5. The molecule has 2 aliphatic rings. The highest BCUT2D eigenvalue weighted by atomic mass is 16.1. The van der Waals surface area contributed by atoms with Crippen LogP contribution in [0.3, 0.4) is 0 Å². The summed E-state index contributed by atoms with van der Waals surface area (Å²) in [7, 11) is 0. The van der Waals surface area contributed by atoms with Gasteiger partial charge in [-0.3, -0.25) is 9.80 Å². The lowest BCUT2D eigenvalue weighted by Crippen LogP contribution is -2.21. The van der Waals surface area contributed by atoms with Gasteiger partial charge in [0.1, 0.15) is 5.78 Å². The van der Waals surface area contributed by atoms with E-state index in [1.165, 1.54) is 11.3 Å². The van der Waals surface area contributed by atoms with Gasteiger partial charge >= 0.3 is 0 Å². The van der Waals surface area contributed by atoms with Gasteiger partial charge in [0.05, 0.1) is 5.69 Å². The molecule has 1 aromatic rings. The minimum absolute atomic E-state index is 0.336. The molecule has 0 bridgehead atoms. The van der Waals surface area contributed by atoms with Crippen LogP contribution in [0.25, 0.3) is 0 Å². The number of hydrogen-bond acceptors (Lipinski definition) is 3. The number of nitrogens with zero attached hydrogens (tertiary/aromatic N) is 2. The molecule has 3 heteroatoms. The number of anilines is 1. The number of hydrazone groups is 1. The third kappa shape index (κ3) is 2.09.